The van der Waals surface area contributed by atoms with Crippen molar-refractivity contribution in [1.82, 2.24) is 10.6 Å². The van der Waals surface area contributed by atoms with E-state index in [9.17, 15) is 14.0 Å². The maximum atomic E-state index is 13.0. The van der Waals surface area contributed by atoms with Gasteiger partial charge in [-0.1, -0.05) is 43.5 Å². The number of amides is 2. The van der Waals surface area contributed by atoms with Crippen molar-refractivity contribution in [3.63, 3.8) is 0 Å². The van der Waals surface area contributed by atoms with Gasteiger partial charge in [0.1, 0.15) is 11.6 Å². The van der Waals surface area contributed by atoms with Gasteiger partial charge in [0.05, 0.1) is 19.7 Å². The molecular formula is C23H23FN2O3. The van der Waals surface area contributed by atoms with Crippen LogP contribution in [0.25, 0.3) is 0 Å². The van der Waals surface area contributed by atoms with E-state index in [1.807, 2.05) is 12.1 Å². The summed E-state index contributed by atoms with van der Waals surface area (Å²) in [6, 6.07) is 11.8. The second-order valence-electron chi connectivity index (χ2n) is 6.07. The first kappa shape index (κ1) is 21.6. The molecule has 0 spiro atoms. The molecule has 0 saturated carbocycles. The van der Waals surface area contributed by atoms with Gasteiger partial charge in [-0.25, -0.2) is 4.39 Å². The fraction of sp³-hybridized carbons (Fsp3) is 0.130. The summed E-state index contributed by atoms with van der Waals surface area (Å²) in [6.07, 6.45) is 4.99. The van der Waals surface area contributed by atoms with Crippen molar-refractivity contribution in [3.05, 3.63) is 102 Å². The van der Waals surface area contributed by atoms with Crippen LogP contribution in [0.3, 0.4) is 0 Å². The first-order valence-corrected chi connectivity index (χ1v) is 8.90. The zero-order valence-electron chi connectivity index (χ0n) is 16.2. The molecule has 0 fully saturated rings. The Morgan fingerprint density at radius 1 is 1.10 bits per heavy atom. The lowest BCUT2D eigenvalue weighted by molar-refractivity contribution is -0.120. The predicted octanol–water partition coefficient (Wildman–Crippen LogP) is 3.72. The Bertz CT molecular complexity index is 903. The SMILES string of the molecule is C=C/C=C(\C=C)C(NC(=O)CNC(=O)c1ccc(F)cc1)c1ccc(OC)cc1. The molecule has 1 atom stereocenters. The maximum Gasteiger partial charge on any atom is 0.251 e. The zero-order valence-corrected chi connectivity index (χ0v) is 16.2. The maximum absolute atomic E-state index is 13.0. The van der Waals surface area contributed by atoms with Crippen LogP contribution in [0.1, 0.15) is 22.0 Å². The molecule has 5 nitrogen and oxygen atoms in total. The van der Waals surface area contributed by atoms with Crippen molar-refractivity contribution >= 4 is 11.8 Å². The van der Waals surface area contributed by atoms with Crippen molar-refractivity contribution in [3.8, 4) is 5.75 Å². The minimum Gasteiger partial charge on any atom is -0.497 e. The summed E-state index contributed by atoms with van der Waals surface area (Å²) in [5.74, 6) is -0.601. The lowest BCUT2D eigenvalue weighted by Gasteiger charge is -2.21. The van der Waals surface area contributed by atoms with Gasteiger partial charge in [-0.15, -0.1) is 0 Å². The molecule has 0 aromatic heterocycles. The molecule has 2 aromatic rings. The number of benzene rings is 2. The van der Waals surface area contributed by atoms with Gasteiger partial charge in [0.2, 0.25) is 5.91 Å². The number of allylic oxidation sites excluding steroid dienone is 2. The zero-order chi connectivity index (χ0) is 21.2. The lowest BCUT2D eigenvalue weighted by Crippen LogP contribution is -2.39. The monoisotopic (exact) mass is 394 g/mol. The number of hydrogen-bond donors (Lipinski definition) is 2. The Balaban J connectivity index is 2.10. The summed E-state index contributed by atoms with van der Waals surface area (Å²) in [5, 5.41) is 5.40. The van der Waals surface area contributed by atoms with Crippen LogP contribution in [-0.2, 0) is 4.79 Å². The standard InChI is InChI=1S/C23H23FN2O3/c1-4-6-16(5-2)22(17-9-13-20(29-3)14-10-17)26-21(27)15-25-23(28)18-7-11-19(24)12-8-18/h4-14,22H,1-2,15H2,3H3,(H,25,28)(H,26,27)/b16-6+. The van der Waals surface area contributed by atoms with Gasteiger partial charge < -0.3 is 15.4 Å². The highest BCUT2D eigenvalue weighted by Gasteiger charge is 2.18. The minimum atomic E-state index is -0.480. The van der Waals surface area contributed by atoms with Gasteiger partial charge >= 0.3 is 0 Å². The van der Waals surface area contributed by atoms with Crippen LogP contribution in [0.15, 0.2) is 85.5 Å². The Kier molecular flexibility index (Phi) is 7.91. The Morgan fingerprint density at radius 3 is 2.31 bits per heavy atom. The van der Waals surface area contributed by atoms with Crippen LogP contribution in [0, 0.1) is 5.82 Å². The number of halogens is 1. The van der Waals surface area contributed by atoms with Gasteiger partial charge in [0.25, 0.3) is 5.91 Å². The van der Waals surface area contributed by atoms with E-state index in [-0.39, 0.29) is 12.1 Å². The average molecular weight is 394 g/mol. The first-order valence-electron chi connectivity index (χ1n) is 8.90. The van der Waals surface area contributed by atoms with Crippen LogP contribution in [0.2, 0.25) is 0 Å². The van der Waals surface area contributed by atoms with E-state index in [1.165, 1.54) is 24.3 Å². The summed E-state index contributed by atoms with van der Waals surface area (Å²) in [6.45, 7) is 7.25. The van der Waals surface area contributed by atoms with Crippen LogP contribution in [0.4, 0.5) is 4.39 Å². The molecule has 2 aromatic carbocycles. The second-order valence-corrected chi connectivity index (χ2v) is 6.07. The minimum absolute atomic E-state index is 0.235. The number of hydrogen-bond acceptors (Lipinski definition) is 3. The average Bonchev–Trinajstić information content (AvgIpc) is 2.75. The number of rotatable bonds is 9. The van der Waals surface area contributed by atoms with Crippen molar-refractivity contribution in [2.75, 3.05) is 13.7 Å². The number of ether oxygens (including phenoxy) is 1. The number of methoxy groups -OCH3 is 1. The molecule has 0 saturated heterocycles. The third-order valence-electron chi connectivity index (χ3n) is 4.15. The lowest BCUT2D eigenvalue weighted by atomic mass is 9.98. The fourth-order valence-electron chi connectivity index (χ4n) is 2.65. The smallest absolute Gasteiger partial charge is 0.251 e. The molecule has 2 N–H and O–H groups in total. The molecule has 2 rings (SSSR count). The number of nitrogens with one attached hydrogen (secondary N) is 2. The molecule has 0 heterocycles. The summed E-state index contributed by atoms with van der Waals surface area (Å²) < 4.78 is 18.1. The number of carbonyl (C=O) groups excluding carboxylic acids is 2. The molecule has 29 heavy (non-hydrogen) atoms. The van der Waals surface area contributed by atoms with E-state index in [2.05, 4.69) is 23.8 Å². The van der Waals surface area contributed by atoms with Gasteiger partial charge in [-0.05, 0) is 47.5 Å². The van der Waals surface area contributed by atoms with Crippen molar-refractivity contribution < 1.29 is 18.7 Å². The third kappa shape index (κ3) is 6.17. The van der Waals surface area contributed by atoms with E-state index in [4.69, 9.17) is 4.74 Å². The Morgan fingerprint density at radius 2 is 1.76 bits per heavy atom. The van der Waals surface area contributed by atoms with E-state index < -0.39 is 23.7 Å². The molecule has 0 radical (unpaired) electrons. The largest absolute Gasteiger partial charge is 0.497 e. The quantitative estimate of drug-likeness (QED) is 0.637. The molecule has 2 amide bonds. The van der Waals surface area contributed by atoms with Gasteiger partial charge in [-0.2, -0.15) is 0 Å². The first-order chi connectivity index (χ1) is 14.0. The third-order valence-corrected chi connectivity index (χ3v) is 4.15. The molecule has 0 aliphatic rings. The Hall–Kier alpha value is -3.67. The molecular weight excluding hydrogens is 371 g/mol. The van der Waals surface area contributed by atoms with Gasteiger partial charge in [0, 0.05) is 5.56 Å². The van der Waals surface area contributed by atoms with Crippen molar-refractivity contribution in [2.45, 2.75) is 6.04 Å². The van der Waals surface area contributed by atoms with Crippen LogP contribution in [-0.4, -0.2) is 25.5 Å². The summed E-state index contributed by atoms with van der Waals surface area (Å²) in [7, 11) is 1.57. The van der Waals surface area contributed by atoms with E-state index >= 15 is 0 Å². The second kappa shape index (κ2) is 10.6. The van der Waals surface area contributed by atoms with Gasteiger partial charge in [0.15, 0.2) is 0 Å². The predicted molar refractivity (Wildman–Crippen MR) is 111 cm³/mol. The van der Waals surface area contributed by atoms with Crippen LogP contribution in [0.5, 0.6) is 5.75 Å². The topological polar surface area (TPSA) is 67.4 Å². The van der Waals surface area contributed by atoms with E-state index in [1.54, 1.807) is 37.5 Å². The molecule has 150 valence electrons. The highest BCUT2D eigenvalue weighted by molar-refractivity contribution is 5.96. The molecule has 6 heteroatoms. The molecule has 0 bridgehead atoms. The molecule has 1 unspecified atom stereocenters. The normalized spacial score (nSPS) is 11.9. The van der Waals surface area contributed by atoms with E-state index in [0.717, 1.165) is 11.1 Å². The molecule has 0 aliphatic carbocycles. The Labute approximate surface area is 169 Å². The highest BCUT2D eigenvalue weighted by atomic mass is 19.1. The number of carbonyl (C=O) groups is 2. The van der Waals surface area contributed by atoms with Crippen molar-refractivity contribution in [2.24, 2.45) is 0 Å². The van der Waals surface area contributed by atoms with Crippen molar-refractivity contribution in [1.29, 1.82) is 0 Å². The molecule has 0 aliphatic heterocycles. The van der Waals surface area contributed by atoms with Gasteiger partial charge in [-0.3, -0.25) is 9.59 Å². The summed E-state index contributed by atoms with van der Waals surface area (Å²) in [5.41, 5.74) is 1.82. The summed E-state index contributed by atoms with van der Waals surface area (Å²) >= 11 is 0. The highest BCUT2D eigenvalue weighted by Crippen LogP contribution is 2.24. The summed E-state index contributed by atoms with van der Waals surface area (Å²) in [4.78, 5) is 24.6. The van der Waals surface area contributed by atoms with Crippen LogP contribution >= 0.6 is 0 Å². The fourth-order valence-corrected chi connectivity index (χ4v) is 2.65. The van der Waals surface area contributed by atoms with E-state index in [0.29, 0.717) is 5.75 Å². The van der Waals surface area contributed by atoms with Crippen LogP contribution < -0.4 is 15.4 Å².